The van der Waals surface area contributed by atoms with Crippen LogP contribution in [0.25, 0.3) is 0 Å². The van der Waals surface area contributed by atoms with E-state index in [1.807, 2.05) is 25.1 Å². The lowest BCUT2D eigenvalue weighted by Crippen LogP contribution is -2.17. The average Bonchev–Trinajstić information content (AvgIpc) is 2.58. The first kappa shape index (κ1) is 19.0. The highest BCUT2D eigenvalue weighted by Crippen LogP contribution is 2.14. The molecule has 6 heteroatoms. The summed E-state index contributed by atoms with van der Waals surface area (Å²) in [5.41, 5.74) is 2.19. The van der Waals surface area contributed by atoms with E-state index in [0.29, 0.717) is 5.95 Å². The first-order chi connectivity index (χ1) is 12.1. The summed E-state index contributed by atoms with van der Waals surface area (Å²) in [5, 5.41) is 6.68. The highest BCUT2D eigenvalue weighted by Gasteiger charge is 2.03. The number of rotatable bonds is 10. The van der Waals surface area contributed by atoms with E-state index in [9.17, 15) is 0 Å². The SMILES string of the molecule is COc1cccc(CCNc2cc(C)nc(NCCCN(C)C)n2)c1. The molecule has 0 radical (unpaired) electrons. The number of aryl methyl sites for hydroxylation is 1. The molecule has 0 spiro atoms. The molecule has 2 aromatic rings. The van der Waals surface area contributed by atoms with E-state index in [1.54, 1.807) is 7.11 Å². The van der Waals surface area contributed by atoms with Crippen molar-refractivity contribution in [3.63, 3.8) is 0 Å². The number of nitrogens with one attached hydrogen (secondary N) is 2. The smallest absolute Gasteiger partial charge is 0.224 e. The van der Waals surface area contributed by atoms with E-state index in [4.69, 9.17) is 4.74 Å². The summed E-state index contributed by atoms with van der Waals surface area (Å²) in [6, 6.07) is 10.1. The second-order valence-corrected chi connectivity index (χ2v) is 6.33. The molecule has 2 N–H and O–H groups in total. The van der Waals surface area contributed by atoms with Crippen molar-refractivity contribution in [1.29, 1.82) is 0 Å². The van der Waals surface area contributed by atoms with E-state index < -0.39 is 0 Å². The maximum absolute atomic E-state index is 5.26. The monoisotopic (exact) mass is 343 g/mol. The first-order valence-electron chi connectivity index (χ1n) is 8.68. The van der Waals surface area contributed by atoms with Crippen LogP contribution in [0.2, 0.25) is 0 Å². The number of hydrogen-bond donors (Lipinski definition) is 2. The Kier molecular flexibility index (Phi) is 7.47. The molecule has 0 bridgehead atoms. The van der Waals surface area contributed by atoms with Crippen molar-refractivity contribution in [2.75, 3.05) is 51.5 Å². The van der Waals surface area contributed by atoms with Gasteiger partial charge in [-0.1, -0.05) is 12.1 Å². The number of aromatic nitrogens is 2. The maximum atomic E-state index is 5.26. The summed E-state index contributed by atoms with van der Waals surface area (Å²) in [5.74, 6) is 2.42. The van der Waals surface area contributed by atoms with Gasteiger partial charge >= 0.3 is 0 Å². The highest BCUT2D eigenvalue weighted by molar-refractivity contribution is 5.42. The molecule has 1 heterocycles. The van der Waals surface area contributed by atoms with E-state index in [1.165, 1.54) is 5.56 Å². The Bertz CT molecular complexity index is 660. The van der Waals surface area contributed by atoms with Crippen LogP contribution in [-0.2, 0) is 6.42 Å². The Morgan fingerprint density at radius 1 is 1.08 bits per heavy atom. The molecule has 136 valence electrons. The predicted octanol–water partition coefficient (Wildman–Crippen LogP) is 2.81. The molecular formula is C19H29N5O. The quantitative estimate of drug-likeness (QED) is 0.647. The van der Waals surface area contributed by atoms with Crippen LogP contribution in [0.4, 0.5) is 11.8 Å². The van der Waals surface area contributed by atoms with Gasteiger partial charge in [0.1, 0.15) is 11.6 Å². The number of nitrogens with zero attached hydrogens (tertiary/aromatic N) is 3. The Labute approximate surface area is 150 Å². The van der Waals surface area contributed by atoms with Gasteiger partial charge in [0.2, 0.25) is 5.95 Å². The van der Waals surface area contributed by atoms with Crippen LogP contribution in [-0.4, -0.2) is 55.7 Å². The molecule has 0 aliphatic carbocycles. The van der Waals surface area contributed by atoms with Crippen LogP contribution in [0.1, 0.15) is 17.7 Å². The fourth-order valence-corrected chi connectivity index (χ4v) is 2.50. The van der Waals surface area contributed by atoms with Crippen molar-refractivity contribution in [3.05, 3.63) is 41.6 Å². The molecule has 0 saturated heterocycles. The van der Waals surface area contributed by atoms with Crippen LogP contribution in [0, 0.1) is 6.92 Å². The van der Waals surface area contributed by atoms with Gasteiger partial charge in [-0.15, -0.1) is 0 Å². The van der Waals surface area contributed by atoms with E-state index in [-0.39, 0.29) is 0 Å². The van der Waals surface area contributed by atoms with Crippen LogP contribution in [0.3, 0.4) is 0 Å². The lowest BCUT2D eigenvalue weighted by molar-refractivity contribution is 0.405. The summed E-state index contributed by atoms with van der Waals surface area (Å²) in [7, 11) is 5.84. The molecule has 0 atom stereocenters. The number of hydrogen-bond acceptors (Lipinski definition) is 6. The Morgan fingerprint density at radius 2 is 1.92 bits per heavy atom. The molecule has 1 aromatic heterocycles. The van der Waals surface area contributed by atoms with Crippen LogP contribution in [0.5, 0.6) is 5.75 Å². The highest BCUT2D eigenvalue weighted by atomic mass is 16.5. The summed E-state index contributed by atoms with van der Waals surface area (Å²) in [6.45, 7) is 4.71. The second kappa shape index (κ2) is 9.84. The van der Waals surface area contributed by atoms with Crippen molar-refractivity contribution < 1.29 is 4.74 Å². The summed E-state index contributed by atoms with van der Waals surface area (Å²) < 4.78 is 5.26. The lowest BCUT2D eigenvalue weighted by atomic mass is 10.1. The van der Waals surface area contributed by atoms with E-state index in [0.717, 1.165) is 49.7 Å². The van der Waals surface area contributed by atoms with E-state index >= 15 is 0 Å². The molecular weight excluding hydrogens is 314 g/mol. The van der Waals surface area contributed by atoms with E-state index in [2.05, 4.69) is 51.7 Å². The van der Waals surface area contributed by atoms with Crippen LogP contribution < -0.4 is 15.4 Å². The topological polar surface area (TPSA) is 62.3 Å². The Morgan fingerprint density at radius 3 is 2.68 bits per heavy atom. The number of anilines is 2. The molecule has 0 saturated carbocycles. The molecule has 0 aliphatic rings. The molecule has 0 aliphatic heterocycles. The van der Waals surface area contributed by atoms with Gasteiger partial charge in [0.05, 0.1) is 7.11 Å². The van der Waals surface area contributed by atoms with Gasteiger partial charge in [-0.2, -0.15) is 4.98 Å². The van der Waals surface area contributed by atoms with Gasteiger partial charge in [0, 0.05) is 24.8 Å². The lowest BCUT2D eigenvalue weighted by Gasteiger charge is -2.12. The number of methoxy groups -OCH3 is 1. The van der Waals surface area contributed by atoms with Crippen molar-refractivity contribution in [1.82, 2.24) is 14.9 Å². The van der Waals surface area contributed by atoms with Crippen molar-refractivity contribution in [2.24, 2.45) is 0 Å². The summed E-state index contributed by atoms with van der Waals surface area (Å²) >= 11 is 0. The van der Waals surface area contributed by atoms with Crippen molar-refractivity contribution in [2.45, 2.75) is 19.8 Å². The minimum absolute atomic E-state index is 0.683. The third kappa shape index (κ3) is 6.97. The standard InChI is InChI=1S/C19H29N5O/c1-15-13-18(23-19(22-15)21-10-6-12-24(2)3)20-11-9-16-7-5-8-17(14-16)25-4/h5,7-8,13-14H,6,9-12H2,1-4H3,(H2,20,21,22,23). The number of ether oxygens (including phenoxy) is 1. The number of benzene rings is 1. The summed E-state index contributed by atoms with van der Waals surface area (Å²) in [6.07, 6.45) is 1.97. The Hall–Kier alpha value is -2.34. The van der Waals surface area contributed by atoms with Gasteiger partial charge in [0.25, 0.3) is 0 Å². The zero-order valence-corrected chi connectivity index (χ0v) is 15.7. The van der Waals surface area contributed by atoms with Gasteiger partial charge in [0.15, 0.2) is 0 Å². The average molecular weight is 343 g/mol. The molecule has 1 aromatic carbocycles. The third-order valence-corrected chi connectivity index (χ3v) is 3.77. The molecule has 0 fully saturated rings. The molecule has 2 rings (SSSR count). The normalized spacial score (nSPS) is 10.8. The molecule has 25 heavy (non-hydrogen) atoms. The minimum Gasteiger partial charge on any atom is -0.497 e. The van der Waals surface area contributed by atoms with Crippen LogP contribution >= 0.6 is 0 Å². The van der Waals surface area contributed by atoms with Crippen molar-refractivity contribution in [3.8, 4) is 5.75 Å². The van der Waals surface area contributed by atoms with Crippen molar-refractivity contribution >= 4 is 11.8 Å². The fourth-order valence-electron chi connectivity index (χ4n) is 2.50. The molecule has 6 nitrogen and oxygen atoms in total. The summed E-state index contributed by atoms with van der Waals surface area (Å²) in [4.78, 5) is 11.2. The third-order valence-electron chi connectivity index (χ3n) is 3.77. The zero-order chi connectivity index (χ0) is 18.1. The largest absolute Gasteiger partial charge is 0.497 e. The van der Waals surface area contributed by atoms with Gasteiger partial charge in [-0.3, -0.25) is 0 Å². The first-order valence-corrected chi connectivity index (χ1v) is 8.68. The Balaban J connectivity index is 1.84. The van der Waals surface area contributed by atoms with Gasteiger partial charge in [-0.25, -0.2) is 4.98 Å². The van der Waals surface area contributed by atoms with Gasteiger partial charge < -0.3 is 20.3 Å². The zero-order valence-electron chi connectivity index (χ0n) is 15.7. The molecule has 0 unspecified atom stereocenters. The van der Waals surface area contributed by atoms with Crippen LogP contribution in [0.15, 0.2) is 30.3 Å². The van der Waals surface area contributed by atoms with Gasteiger partial charge in [-0.05, 0) is 58.1 Å². The predicted molar refractivity (Wildman–Crippen MR) is 104 cm³/mol. The second-order valence-electron chi connectivity index (χ2n) is 6.33. The fraction of sp³-hybridized carbons (Fsp3) is 0.474. The molecule has 0 amide bonds. The maximum Gasteiger partial charge on any atom is 0.224 e. The minimum atomic E-state index is 0.683.